The second-order valence-electron chi connectivity index (χ2n) is 5.12. The number of hydrogen-bond donors (Lipinski definition) is 1. The van der Waals surface area contributed by atoms with Crippen LogP contribution < -0.4 is 10.1 Å². The average Bonchev–Trinajstić information content (AvgIpc) is 2.53. The van der Waals surface area contributed by atoms with Crippen LogP contribution in [0.15, 0.2) is 48.5 Å². The Morgan fingerprint density at radius 3 is 2.33 bits per heavy atom. The molecule has 24 heavy (non-hydrogen) atoms. The van der Waals surface area contributed by atoms with Gasteiger partial charge in [0.05, 0.1) is 11.6 Å². The van der Waals surface area contributed by atoms with Gasteiger partial charge in [-0.25, -0.2) is 4.39 Å². The second kappa shape index (κ2) is 7.33. The summed E-state index contributed by atoms with van der Waals surface area (Å²) in [5.74, 6) is -0.809. The van der Waals surface area contributed by atoms with Crippen molar-refractivity contribution < 1.29 is 27.1 Å². The summed E-state index contributed by atoms with van der Waals surface area (Å²) in [5, 5.41) is 2.56. The number of carbonyl (C=O) groups excluding carboxylic acids is 1. The number of alkyl halides is 3. The van der Waals surface area contributed by atoms with Crippen LogP contribution in [0.4, 0.5) is 17.6 Å². The van der Waals surface area contributed by atoms with E-state index in [1.165, 1.54) is 6.07 Å². The van der Waals surface area contributed by atoms with Gasteiger partial charge in [-0.15, -0.1) is 0 Å². The van der Waals surface area contributed by atoms with Crippen molar-refractivity contribution in [3.05, 3.63) is 65.5 Å². The Kier molecular flexibility index (Phi) is 5.43. The Morgan fingerprint density at radius 2 is 1.75 bits per heavy atom. The molecule has 0 bridgehead atoms. The van der Waals surface area contributed by atoms with Gasteiger partial charge in [-0.3, -0.25) is 4.79 Å². The standard InChI is InChI=1S/C17H15F4NO2/c1-11(14-4-2-3-5-15(14)18)22-16(23)10-24-13-8-6-12(7-9-13)17(19,20)21/h2-9,11H,10H2,1H3,(H,22,23)/t11-/m1/s1. The Balaban J connectivity index is 1.88. The number of hydrogen-bond acceptors (Lipinski definition) is 2. The molecule has 0 unspecified atom stereocenters. The second-order valence-corrected chi connectivity index (χ2v) is 5.12. The van der Waals surface area contributed by atoms with Crippen molar-refractivity contribution in [3.8, 4) is 5.75 Å². The zero-order chi connectivity index (χ0) is 17.7. The zero-order valence-electron chi connectivity index (χ0n) is 12.7. The summed E-state index contributed by atoms with van der Waals surface area (Å²) >= 11 is 0. The van der Waals surface area contributed by atoms with Gasteiger partial charge in [-0.05, 0) is 37.3 Å². The third-order valence-corrected chi connectivity index (χ3v) is 3.30. The van der Waals surface area contributed by atoms with E-state index in [0.29, 0.717) is 5.56 Å². The molecule has 0 aliphatic rings. The van der Waals surface area contributed by atoms with Gasteiger partial charge in [0.15, 0.2) is 6.61 Å². The van der Waals surface area contributed by atoms with Crippen LogP contribution in [0.5, 0.6) is 5.75 Å². The van der Waals surface area contributed by atoms with Crippen molar-refractivity contribution in [1.82, 2.24) is 5.32 Å². The predicted molar refractivity (Wildman–Crippen MR) is 79.9 cm³/mol. The van der Waals surface area contributed by atoms with Gasteiger partial charge in [0.1, 0.15) is 11.6 Å². The topological polar surface area (TPSA) is 38.3 Å². The Labute approximate surface area is 136 Å². The molecule has 0 aromatic heterocycles. The van der Waals surface area contributed by atoms with Crippen LogP contribution in [0.1, 0.15) is 24.1 Å². The highest BCUT2D eigenvalue weighted by Crippen LogP contribution is 2.30. The SMILES string of the molecule is C[C@@H](NC(=O)COc1ccc(C(F)(F)F)cc1)c1ccccc1F. The third-order valence-electron chi connectivity index (χ3n) is 3.30. The van der Waals surface area contributed by atoms with Crippen molar-refractivity contribution in [3.63, 3.8) is 0 Å². The fourth-order valence-electron chi connectivity index (χ4n) is 2.08. The van der Waals surface area contributed by atoms with Gasteiger partial charge >= 0.3 is 6.18 Å². The molecule has 2 rings (SSSR count). The largest absolute Gasteiger partial charge is 0.484 e. The highest BCUT2D eigenvalue weighted by Gasteiger charge is 2.30. The van der Waals surface area contributed by atoms with E-state index in [4.69, 9.17) is 4.74 Å². The van der Waals surface area contributed by atoms with Crippen LogP contribution >= 0.6 is 0 Å². The monoisotopic (exact) mass is 341 g/mol. The fraction of sp³-hybridized carbons (Fsp3) is 0.235. The van der Waals surface area contributed by atoms with Crippen molar-refractivity contribution >= 4 is 5.91 Å². The number of ether oxygens (including phenoxy) is 1. The highest BCUT2D eigenvalue weighted by atomic mass is 19.4. The highest BCUT2D eigenvalue weighted by molar-refractivity contribution is 5.78. The quantitative estimate of drug-likeness (QED) is 0.832. The molecular weight excluding hydrogens is 326 g/mol. The smallest absolute Gasteiger partial charge is 0.416 e. The van der Waals surface area contributed by atoms with Gasteiger partial charge in [0.25, 0.3) is 5.91 Å². The first-order chi connectivity index (χ1) is 11.3. The van der Waals surface area contributed by atoms with E-state index in [-0.39, 0.29) is 12.4 Å². The maximum absolute atomic E-state index is 13.6. The molecule has 0 spiro atoms. The molecule has 0 fully saturated rings. The van der Waals surface area contributed by atoms with Gasteiger partial charge in [0.2, 0.25) is 0 Å². The number of halogens is 4. The molecule has 0 saturated heterocycles. The zero-order valence-corrected chi connectivity index (χ0v) is 12.7. The number of carbonyl (C=O) groups is 1. The van der Waals surface area contributed by atoms with E-state index in [1.807, 2.05) is 0 Å². The van der Waals surface area contributed by atoms with Gasteiger partial charge in [0, 0.05) is 5.56 Å². The van der Waals surface area contributed by atoms with E-state index >= 15 is 0 Å². The molecular formula is C17H15F4NO2. The summed E-state index contributed by atoms with van der Waals surface area (Å²) in [5.41, 5.74) is -0.465. The van der Waals surface area contributed by atoms with Crippen LogP contribution in [-0.4, -0.2) is 12.5 Å². The van der Waals surface area contributed by atoms with E-state index < -0.39 is 29.5 Å². The molecule has 3 nitrogen and oxygen atoms in total. The van der Waals surface area contributed by atoms with Crippen LogP contribution in [0.2, 0.25) is 0 Å². The molecule has 1 atom stereocenters. The predicted octanol–water partition coefficient (Wildman–Crippen LogP) is 4.10. The summed E-state index contributed by atoms with van der Waals surface area (Å²) in [6.07, 6.45) is -4.43. The van der Waals surface area contributed by atoms with Gasteiger partial charge in [-0.1, -0.05) is 18.2 Å². The molecule has 2 aromatic rings. The summed E-state index contributed by atoms with van der Waals surface area (Å²) in [6.45, 7) is 1.23. The first-order valence-corrected chi connectivity index (χ1v) is 7.11. The molecule has 2 aromatic carbocycles. The molecule has 1 amide bonds. The summed E-state index contributed by atoms with van der Waals surface area (Å²) in [6, 6.07) is 9.49. The van der Waals surface area contributed by atoms with Crippen molar-refractivity contribution in [2.45, 2.75) is 19.1 Å². The fourth-order valence-corrected chi connectivity index (χ4v) is 2.08. The average molecular weight is 341 g/mol. The van der Waals surface area contributed by atoms with Crippen molar-refractivity contribution in [2.75, 3.05) is 6.61 Å². The lowest BCUT2D eigenvalue weighted by Crippen LogP contribution is -2.31. The first-order valence-electron chi connectivity index (χ1n) is 7.11. The van der Waals surface area contributed by atoms with Gasteiger partial charge < -0.3 is 10.1 Å². The third kappa shape index (κ3) is 4.71. The Bertz CT molecular complexity index is 698. The van der Waals surface area contributed by atoms with E-state index in [2.05, 4.69) is 5.32 Å². The van der Waals surface area contributed by atoms with E-state index in [1.54, 1.807) is 25.1 Å². The van der Waals surface area contributed by atoms with Crippen LogP contribution in [-0.2, 0) is 11.0 Å². The number of nitrogens with one attached hydrogen (secondary N) is 1. The molecule has 1 N–H and O–H groups in total. The lowest BCUT2D eigenvalue weighted by Gasteiger charge is -2.15. The molecule has 0 saturated carbocycles. The van der Waals surface area contributed by atoms with Crippen molar-refractivity contribution in [2.24, 2.45) is 0 Å². The lowest BCUT2D eigenvalue weighted by molar-refractivity contribution is -0.137. The number of amides is 1. The number of benzene rings is 2. The Morgan fingerprint density at radius 1 is 1.12 bits per heavy atom. The molecule has 0 aliphatic carbocycles. The van der Waals surface area contributed by atoms with Gasteiger partial charge in [-0.2, -0.15) is 13.2 Å². The molecule has 128 valence electrons. The van der Waals surface area contributed by atoms with Crippen LogP contribution in [0, 0.1) is 5.82 Å². The molecule has 0 heterocycles. The maximum Gasteiger partial charge on any atom is 0.416 e. The normalized spacial score (nSPS) is 12.5. The van der Waals surface area contributed by atoms with Crippen molar-refractivity contribution in [1.29, 1.82) is 0 Å². The summed E-state index contributed by atoms with van der Waals surface area (Å²) < 4.78 is 56.0. The lowest BCUT2D eigenvalue weighted by atomic mass is 10.1. The van der Waals surface area contributed by atoms with Crippen LogP contribution in [0.25, 0.3) is 0 Å². The summed E-state index contributed by atoms with van der Waals surface area (Å²) in [7, 11) is 0. The minimum atomic E-state index is -4.43. The minimum Gasteiger partial charge on any atom is -0.484 e. The summed E-state index contributed by atoms with van der Waals surface area (Å²) in [4.78, 5) is 11.8. The van der Waals surface area contributed by atoms with E-state index in [9.17, 15) is 22.4 Å². The molecule has 0 radical (unpaired) electrons. The Hall–Kier alpha value is -2.57. The molecule has 7 heteroatoms. The van der Waals surface area contributed by atoms with E-state index in [0.717, 1.165) is 24.3 Å². The number of rotatable bonds is 5. The first kappa shape index (κ1) is 17.8. The van der Waals surface area contributed by atoms with Crippen LogP contribution in [0.3, 0.4) is 0 Å². The minimum absolute atomic E-state index is 0.136. The molecule has 0 aliphatic heterocycles. The maximum atomic E-state index is 13.6.